The number of hydrogen-bond acceptors (Lipinski definition) is 3. The lowest BCUT2D eigenvalue weighted by Crippen LogP contribution is -2.50. The molecule has 2 amide bonds. The molecule has 0 spiro atoms. The number of carboxylic acids is 1. The average Bonchev–Trinajstić information content (AvgIpc) is 2.79. The molecule has 0 aliphatic carbocycles. The highest BCUT2D eigenvalue weighted by atomic mass is 16.4. The van der Waals surface area contributed by atoms with Crippen LogP contribution in [0.15, 0.2) is 30.3 Å². The van der Waals surface area contributed by atoms with Crippen LogP contribution in [0.3, 0.4) is 0 Å². The lowest BCUT2D eigenvalue weighted by atomic mass is 10.1. The summed E-state index contributed by atoms with van der Waals surface area (Å²) in [4.78, 5) is 36.2. The number of carboxylic acid groups (broad SMARTS) is 1. The zero-order valence-electron chi connectivity index (χ0n) is 11.8. The summed E-state index contributed by atoms with van der Waals surface area (Å²) >= 11 is 0. The summed E-state index contributed by atoms with van der Waals surface area (Å²) in [5.74, 6) is -1.59. The minimum Gasteiger partial charge on any atom is -0.480 e. The van der Waals surface area contributed by atoms with Gasteiger partial charge in [-0.3, -0.25) is 9.59 Å². The third-order valence-electron chi connectivity index (χ3n) is 3.69. The first-order chi connectivity index (χ1) is 9.99. The molecule has 1 aliphatic heterocycles. The van der Waals surface area contributed by atoms with Crippen LogP contribution in [0.1, 0.15) is 18.4 Å². The third kappa shape index (κ3) is 3.59. The summed E-state index contributed by atoms with van der Waals surface area (Å²) < 4.78 is 0. The average molecular weight is 290 g/mol. The van der Waals surface area contributed by atoms with Gasteiger partial charge in [-0.05, 0) is 12.0 Å². The van der Waals surface area contributed by atoms with Gasteiger partial charge in [-0.15, -0.1) is 0 Å². The molecule has 6 nitrogen and oxygen atoms in total. The molecule has 0 bridgehead atoms. The van der Waals surface area contributed by atoms with Gasteiger partial charge < -0.3 is 15.3 Å². The number of hydrogen-bond donors (Lipinski definition) is 2. The number of nitrogens with one attached hydrogen (secondary N) is 1. The van der Waals surface area contributed by atoms with E-state index in [4.69, 9.17) is 0 Å². The van der Waals surface area contributed by atoms with Crippen LogP contribution < -0.4 is 5.32 Å². The topological polar surface area (TPSA) is 86.7 Å². The number of amides is 2. The van der Waals surface area contributed by atoms with E-state index in [-0.39, 0.29) is 12.3 Å². The molecule has 1 fully saturated rings. The number of aliphatic carboxylic acids is 1. The number of nitrogens with zero attached hydrogens (tertiary/aromatic N) is 1. The van der Waals surface area contributed by atoms with E-state index in [1.807, 2.05) is 30.3 Å². The quantitative estimate of drug-likeness (QED) is 0.823. The van der Waals surface area contributed by atoms with E-state index in [9.17, 15) is 19.5 Å². The molecule has 1 aromatic rings. The molecule has 21 heavy (non-hydrogen) atoms. The first-order valence-corrected chi connectivity index (χ1v) is 6.82. The number of likely N-dealkylation sites (tertiary alicyclic amines) is 1. The van der Waals surface area contributed by atoms with Crippen LogP contribution in [0.4, 0.5) is 0 Å². The maximum atomic E-state index is 12.1. The SMILES string of the molecule is CN1C(=O)CCC1C(=O)N[C@@H](Cc1ccccc1)C(=O)O. The number of carbonyl (C=O) groups is 3. The fourth-order valence-corrected chi connectivity index (χ4v) is 2.43. The molecule has 1 unspecified atom stereocenters. The first kappa shape index (κ1) is 15.0. The van der Waals surface area contributed by atoms with Crippen molar-refractivity contribution in [2.75, 3.05) is 7.05 Å². The predicted molar refractivity (Wildman–Crippen MR) is 75.5 cm³/mol. The molecule has 2 rings (SSSR count). The lowest BCUT2D eigenvalue weighted by Gasteiger charge is -2.22. The van der Waals surface area contributed by atoms with Crippen LogP contribution in [-0.2, 0) is 20.8 Å². The Morgan fingerprint density at radius 2 is 2.05 bits per heavy atom. The molecule has 112 valence electrons. The van der Waals surface area contributed by atoms with Crippen LogP contribution in [0.5, 0.6) is 0 Å². The van der Waals surface area contributed by atoms with Gasteiger partial charge in [0.15, 0.2) is 0 Å². The van der Waals surface area contributed by atoms with Crippen molar-refractivity contribution in [3.05, 3.63) is 35.9 Å². The molecule has 2 atom stereocenters. The van der Waals surface area contributed by atoms with Gasteiger partial charge in [-0.25, -0.2) is 4.79 Å². The van der Waals surface area contributed by atoms with E-state index in [1.165, 1.54) is 4.90 Å². The summed E-state index contributed by atoms with van der Waals surface area (Å²) in [7, 11) is 1.56. The van der Waals surface area contributed by atoms with Gasteiger partial charge in [0.1, 0.15) is 12.1 Å². The van der Waals surface area contributed by atoms with Crippen molar-refractivity contribution in [1.29, 1.82) is 0 Å². The van der Waals surface area contributed by atoms with Crippen molar-refractivity contribution in [3.8, 4) is 0 Å². The molecule has 1 heterocycles. The second kappa shape index (κ2) is 6.39. The Labute approximate surface area is 122 Å². The Morgan fingerprint density at radius 3 is 2.57 bits per heavy atom. The summed E-state index contributed by atoms with van der Waals surface area (Å²) in [6.45, 7) is 0. The number of rotatable bonds is 5. The van der Waals surface area contributed by atoms with Crippen molar-refractivity contribution in [2.45, 2.75) is 31.3 Å². The van der Waals surface area contributed by atoms with Gasteiger partial charge in [0.05, 0.1) is 0 Å². The minimum absolute atomic E-state index is 0.0925. The highest BCUT2D eigenvalue weighted by Gasteiger charge is 2.35. The molecule has 1 saturated heterocycles. The maximum Gasteiger partial charge on any atom is 0.326 e. The normalized spacial score (nSPS) is 19.4. The van der Waals surface area contributed by atoms with Gasteiger partial charge in [-0.2, -0.15) is 0 Å². The second-order valence-electron chi connectivity index (χ2n) is 5.15. The predicted octanol–water partition coefficient (Wildman–Crippen LogP) is 0.419. The molecule has 6 heteroatoms. The van der Waals surface area contributed by atoms with E-state index < -0.39 is 24.0 Å². The summed E-state index contributed by atoms with van der Waals surface area (Å²) in [6.07, 6.45) is 0.968. The van der Waals surface area contributed by atoms with Crippen molar-refractivity contribution >= 4 is 17.8 Å². The van der Waals surface area contributed by atoms with E-state index in [0.29, 0.717) is 12.8 Å². The van der Waals surface area contributed by atoms with E-state index in [2.05, 4.69) is 5.32 Å². The van der Waals surface area contributed by atoms with Crippen molar-refractivity contribution < 1.29 is 19.5 Å². The highest BCUT2D eigenvalue weighted by Crippen LogP contribution is 2.16. The van der Waals surface area contributed by atoms with Gasteiger partial charge in [0.25, 0.3) is 0 Å². The lowest BCUT2D eigenvalue weighted by molar-refractivity contribution is -0.142. The van der Waals surface area contributed by atoms with Gasteiger partial charge >= 0.3 is 5.97 Å². The fraction of sp³-hybridized carbons (Fsp3) is 0.400. The third-order valence-corrected chi connectivity index (χ3v) is 3.69. The van der Waals surface area contributed by atoms with Gasteiger partial charge in [0, 0.05) is 19.9 Å². The molecular weight excluding hydrogens is 272 g/mol. The molecule has 1 aromatic carbocycles. The molecule has 1 aliphatic rings. The summed E-state index contributed by atoms with van der Waals surface area (Å²) in [5, 5.41) is 11.8. The van der Waals surface area contributed by atoms with Crippen molar-refractivity contribution in [1.82, 2.24) is 10.2 Å². The smallest absolute Gasteiger partial charge is 0.326 e. The fourth-order valence-electron chi connectivity index (χ4n) is 2.43. The Kier molecular flexibility index (Phi) is 4.57. The van der Waals surface area contributed by atoms with Crippen molar-refractivity contribution in [3.63, 3.8) is 0 Å². The number of benzene rings is 1. The Hall–Kier alpha value is -2.37. The Bertz CT molecular complexity index is 544. The minimum atomic E-state index is -1.08. The monoisotopic (exact) mass is 290 g/mol. The highest BCUT2D eigenvalue weighted by molar-refractivity contribution is 5.92. The van der Waals surface area contributed by atoms with E-state index in [0.717, 1.165) is 5.56 Å². The van der Waals surface area contributed by atoms with E-state index >= 15 is 0 Å². The van der Waals surface area contributed by atoms with E-state index in [1.54, 1.807) is 7.05 Å². The van der Waals surface area contributed by atoms with Crippen LogP contribution in [0.25, 0.3) is 0 Å². The molecule has 2 N–H and O–H groups in total. The standard InChI is InChI=1S/C15H18N2O4/c1-17-12(7-8-13(17)18)14(19)16-11(15(20)21)9-10-5-3-2-4-6-10/h2-6,11-12H,7-9H2,1H3,(H,16,19)(H,20,21)/t11-,12?/m0/s1. The zero-order chi connectivity index (χ0) is 15.4. The van der Waals surface area contributed by atoms with Crippen LogP contribution in [0, 0.1) is 0 Å². The number of likely N-dealkylation sites (N-methyl/N-ethyl adjacent to an activating group) is 1. The summed E-state index contributed by atoms with van der Waals surface area (Å²) in [6, 6.07) is 7.54. The molecule has 0 saturated carbocycles. The van der Waals surface area contributed by atoms with Crippen molar-refractivity contribution in [2.24, 2.45) is 0 Å². The Morgan fingerprint density at radius 1 is 1.38 bits per heavy atom. The number of carbonyl (C=O) groups excluding carboxylic acids is 2. The first-order valence-electron chi connectivity index (χ1n) is 6.82. The molecule has 0 radical (unpaired) electrons. The zero-order valence-corrected chi connectivity index (χ0v) is 11.8. The summed E-state index contributed by atoms with van der Waals surface area (Å²) in [5.41, 5.74) is 0.834. The van der Waals surface area contributed by atoms with Gasteiger partial charge in [-0.1, -0.05) is 30.3 Å². The Balaban J connectivity index is 2.01. The maximum absolute atomic E-state index is 12.1. The van der Waals surface area contributed by atoms with Crippen LogP contribution in [0.2, 0.25) is 0 Å². The second-order valence-corrected chi connectivity index (χ2v) is 5.15. The van der Waals surface area contributed by atoms with Crippen LogP contribution in [-0.4, -0.2) is 46.9 Å². The van der Waals surface area contributed by atoms with Gasteiger partial charge in [0.2, 0.25) is 11.8 Å². The van der Waals surface area contributed by atoms with Crippen LogP contribution >= 0.6 is 0 Å². The molecule has 0 aromatic heterocycles. The largest absolute Gasteiger partial charge is 0.480 e. The molecular formula is C15H18N2O4.